The van der Waals surface area contributed by atoms with Gasteiger partial charge in [-0.1, -0.05) is 23.7 Å². The number of amides is 2. The predicted molar refractivity (Wildman–Crippen MR) is 126 cm³/mol. The van der Waals surface area contributed by atoms with Gasteiger partial charge in [0.2, 0.25) is 6.79 Å². The van der Waals surface area contributed by atoms with Crippen molar-refractivity contribution in [3.8, 4) is 21.9 Å². The fourth-order valence-corrected chi connectivity index (χ4v) is 5.45. The third-order valence-corrected chi connectivity index (χ3v) is 7.40. The molecule has 0 radical (unpaired) electrons. The van der Waals surface area contributed by atoms with E-state index in [1.165, 1.54) is 11.3 Å². The molecule has 2 amide bonds. The zero-order chi connectivity index (χ0) is 23.1. The van der Waals surface area contributed by atoms with E-state index in [1.54, 1.807) is 42.5 Å². The SMILES string of the molecule is O=C(O)c1ccc(-c2ccc(C=C3SC(=O)N(Cc4cc5c(cc4Cl)OCO5)C3=O)s2)cc1. The first-order chi connectivity index (χ1) is 15.9. The van der Waals surface area contributed by atoms with Crippen LogP contribution in [-0.2, 0) is 11.3 Å². The average Bonchev–Trinajstić information content (AvgIpc) is 3.51. The fraction of sp³-hybridized carbons (Fsp3) is 0.0870. The van der Waals surface area contributed by atoms with E-state index < -0.39 is 5.97 Å². The van der Waals surface area contributed by atoms with Crippen LogP contribution in [0.25, 0.3) is 16.5 Å². The van der Waals surface area contributed by atoms with Crippen LogP contribution in [0.4, 0.5) is 4.79 Å². The first-order valence-electron chi connectivity index (χ1n) is 9.66. The molecular formula is C23H14ClNO6S2. The number of carboxylic acids is 1. The van der Waals surface area contributed by atoms with Crippen LogP contribution in [0, 0.1) is 0 Å². The number of thioether (sulfide) groups is 1. The van der Waals surface area contributed by atoms with Crippen molar-refractivity contribution in [1.29, 1.82) is 0 Å². The van der Waals surface area contributed by atoms with Crippen molar-refractivity contribution in [3.05, 3.63) is 74.5 Å². The normalized spacial score (nSPS) is 16.2. The minimum Gasteiger partial charge on any atom is -0.478 e. The maximum Gasteiger partial charge on any atom is 0.335 e. The molecule has 3 heterocycles. The molecule has 2 aliphatic heterocycles. The van der Waals surface area contributed by atoms with E-state index in [9.17, 15) is 14.4 Å². The number of carboxylic acid groups (broad SMARTS) is 1. The van der Waals surface area contributed by atoms with E-state index in [0.29, 0.717) is 27.0 Å². The Labute approximate surface area is 201 Å². The molecular weight excluding hydrogens is 486 g/mol. The predicted octanol–water partition coefficient (Wildman–Crippen LogP) is 5.73. The Hall–Kier alpha value is -3.27. The summed E-state index contributed by atoms with van der Waals surface area (Å²) in [4.78, 5) is 39.7. The van der Waals surface area contributed by atoms with E-state index in [1.807, 2.05) is 12.1 Å². The molecule has 0 saturated carbocycles. The zero-order valence-corrected chi connectivity index (χ0v) is 19.1. The summed E-state index contributed by atoms with van der Waals surface area (Å²) in [5, 5.41) is 9.05. The topological polar surface area (TPSA) is 93.1 Å². The molecule has 10 heteroatoms. The number of rotatable bonds is 5. The highest BCUT2D eigenvalue weighted by Gasteiger charge is 2.36. The lowest BCUT2D eigenvalue weighted by Gasteiger charge is -2.14. The van der Waals surface area contributed by atoms with Crippen LogP contribution in [0.3, 0.4) is 0 Å². The number of carbonyl (C=O) groups is 3. The number of nitrogens with zero attached hydrogens (tertiary/aromatic N) is 1. The Bertz CT molecular complexity index is 1330. The summed E-state index contributed by atoms with van der Waals surface area (Å²) in [5.41, 5.74) is 1.68. The third kappa shape index (κ3) is 4.22. The molecule has 0 bridgehead atoms. The van der Waals surface area contributed by atoms with Gasteiger partial charge < -0.3 is 14.6 Å². The summed E-state index contributed by atoms with van der Waals surface area (Å²) in [6, 6.07) is 13.6. The molecule has 33 heavy (non-hydrogen) atoms. The van der Waals surface area contributed by atoms with Crippen LogP contribution in [0.5, 0.6) is 11.5 Å². The van der Waals surface area contributed by atoms with E-state index in [-0.39, 0.29) is 30.0 Å². The van der Waals surface area contributed by atoms with Gasteiger partial charge in [0.05, 0.1) is 17.0 Å². The first kappa shape index (κ1) is 21.6. The molecule has 7 nitrogen and oxygen atoms in total. The largest absolute Gasteiger partial charge is 0.478 e. The molecule has 0 spiro atoms. The van der Waals surface area contributed by atoms with Crippen LogP contribution in [-0.4, -0.2) is 33.9 Å². The van der Waals surface area contributed by atoms with Gasteiger partial charge in [-0.2, -0.15) is 0 Å². The van der Waals surface area contributed by atoms with Gasteiger partial charge in [0.15, 0.2) is 11.5 Å². The molecule has 0 aliphatic carbocycles. The third-order valence-electron chi connectivity index (χ3n) is 5.06. The average molecular weight is 500 g/mol. The Morgan fingerprint density at radius 3 is 2.55 bits per heavy atom. The first-order valence-corrected chi connectivity index (χ1v) is 11.7. The van der Waals surface area contributed by atoms with Crippen molar-refractivity contribution in [2.24, 2.45) is 0 Å². The van der Waals surface area contributed by atoms with Crippen LogP contribution in [0.1, 0.15) is 20.8 Å². The molecule has 1 fully saturated rings. The Balaban J connectivity index is 1.34. The number of hydrogen-bond donors (Lipinski definition) is 1. The summed E-state index contributed by atoms with van der Waals surface area (Å²) in [5.74, 6) is -0.311. The van der Waals surface area contributed by atoms with E-state index in [2.05, 4.69) is 0 Å². The lowest BCUT2D eigenvalue weighted by molar-refractivity contribution is -0.123. The minimum atomic E-state index is -0.980. The van der Waals surface area contributed by atoms with E-state index in [0.717, 1.165) is 32.0 Å². The molecule has 0 unspecified atom stereocenters. The van der Waals surface area contributed by atoms with Crippen molar-refractivity contribution in [2.45, 2.75) is 6.54 Å². The monoisotopic (exact) mass is 499 g/mol. The second-order valence-corrected chi connectivity index (χ2v) is 9.66. The summed E-state index contributed by atoms with van der Waals surface area (Å²) in [6.07, 6.45) is 1.69. The van der Waals surface area contributed by atoms with Crippen molar-refractivity contribution in [2.75, 3.05) is 6.79 Å². The molecule has 1 aromatic heterocycles. The molecule has 2 aliphatic rings. The molecule has 5 rings (SSSR count). The Morgan fingerprint density at radius 1 is 1.09 bits per heavy atom. The number of thiophene rings is 1. The second kappa shape index (κ2) is 8.58. The fourth-order valence-electron chi connectivity index (χ4n) is 3.38. The van der Waals surface area contributed by atoms with E-state index >= 15 is 0 Å². The number of imide groups is 1. The standard InChI is InChI=1S/C23H14ClNO6S2/c24-16-9-18-17(30-11-31-18)7-14(16)10-25-21(26)20(33-23(25)29)8-15-5-6-19(32-15)12-1-3-13(4-2-12)22(27)28/h1-9H,10-11H2,(H,27,28). The number of carbonyl (C=O) groups excluding carboxylic acids is 2. The van der Waals surface area contributed by atoms with Gasteiger partial charge in [-0.3, -0.25) is 14.5 Å². The molecule has 1 N–H and O–H groups in total. The molecule has 2 aromatic carbocycles. The number of ether oxygens (including phenoxy) is 2. The summed E-state index contributed by atoms with van der Waals surface area (Å²) in [7, 11) is 0. The number of fused-ring (bicyclic) bond motifs is 1. The van der Waals surface area contributed by atoms with Gasteiger partial charge in [-0.05, 0) is 59.3 Å². The maximum absolute atomic E-state index is 12.9. The smallest absolute Gasteiger partial charge is 0.335 e. The van der Waals surface area contributed by atoms with Gasteiger partial charge >= 0.3 is 5.97 Å². The van der Waals surface area contributed by atoms with Gasteiger partial charge in [0, 0.05) is 20.8 Å². The van der Waals surface area contributed by atoms with Crippen molar-refractivity contribution in [3.63, 3.8) is 0 Å². The minimum absolute atomic E-state index is 0.0308. The van der Waals surface area contributed by atoms with Crippen LogP contribution in [0.15, 0.2) is 53.4 Å². The summed E-state index contributed by atoms with van der Waals surface area (Å²) >= 11 is 8.62. The highest BCUT2D eigenvalue weighted by molar-refractivity contribution is 8.18. The van der Waals surface area contributed by atoms with Gasteiger partial charge in [0.25, 0.3) is 11.1 Å². The Kier molecular flexibility index (Phi) is 5.61. The van der Waals surface area contributed by atoms with Gasteiger partial charge in [-0.25, -0.2) is 4.79 Å². The summed E-state index contributed by atoms with van der Waals surface area (Å²) < 4.78 is 10.6. The quantitative estimate of drug-likeness (QED) is 0.448. The number of benzene rings is 2. The number of hydrogen-bond acceptors (Lipinski definition) is 7. The van der Waals surface area contributed by atoms with Crippen LogP contribution >= 0.6 is 34.7 Å². The Morgan fingerprint density at radius 2 is 1.82 bits per heavy atom. The van der Waals surface area contributed by atoms with Crippen molar-refractivity contribution < 1.29 is 29.0 Å². The highest BCUT2D eigenvalue weighted by atomic mass is 35.5. The maximum atomic E-state index is 12.9. The van der Waals surface area contributed by atoms with Crippen LogP contribution in [0.2, 0.25) is 5.02 Å². The molecule has 0 atom stereocenters. The van der Waals surface area contributed by atoms with Gasteiger partial charge in [-0.15, -0.1) is 11.3 Å². The molecule has 3 aromatic rings. The molecule has 166 valence electrons. The second-order valence-electron chi connectivity index (χ2n) is 7.15. The van der Waals surface area contributed by atoms with E-state index in [4.69, 9.17) is 26.2 Å². The summed E-state index contributed by atoms with van der Waals surface area (Å²) in [6.45, 7) is 0.134. The zero-order valence-electron chi connectivity index (χ0n) is 16.7. The van der Waals surface area contributed by atoms with Gasteiger partial charge in [0.1, 0.15) is 0 Å². The number of aromatic carboxylic acids is 1. The lowest BCUT2D eigenvalue weighted by Crippen LogP contribution is -2.27. The van der Waals surface area contributed by atoms with Crippen molar-refractivity contribution in [1.82, 2.24) is 4.90 Å². The van der Waals surface area contributed by atoms with Crippen molar-refractivity contribution >= 4 is 57.9 Å². The highest BCUT2D eigenvalue weighted by Crippen LogP contribution is 2.40. The number of halogens is 1. The van der Waals surface area contributed by atoms with Crippen LogP contribution < -0.4 is 9.47 Å². The lowest BCUT2D eigenvalue weighted by atomic mass is 10.1. The molecule has 1 saturated heterocycles.